The van der Waals surface area contributed by atoms with Crippen LogP contribution in [0.25, 0.3) is 0 Å². The summed E-state index contributed by atoms with van der Waals surface area (Å²) >= 11 is 6.51. The van der Waals surface area contributed by atoms with Gasteiger partial charge in [0.15, 0.2) is 8.68 Å². The van der Waals surface area contributed by atoms with Crippen LogP contribution in [0.15, 0.2) is 22.8 Å². The zero-order valence-corrected chi connectivity index (χ0v) is 11.1. The quantitative estimate of drug-likeness (QED) is 0.895. The van der Waals surface area contributed by atoms with Crippen molar-refractivity contribution in [2.24, 2.45) is 0 Å². The molecule has 0 aliphatic heterocycles. The van der Waals surface area contributed by atoms with E-state index >= 15 is 0 Å². The Balaban J connectivity index is 2.18. The van der Waals surface area contributed by atoms with Crippen LogP contribution in [-0.2, 0) is 10.0 Å². The van der Waals surface area contributed by atoms with Gasteiger partial charge in [0.05, 0.1) is 12.2 Å². The lowest BCUT2D eigenvalue weighted by molar-refractivity contribution is 0.563. The molecule has 0 aliphatic carbocycles. The molecule has 2 rings (SSSR count). The summed E-state index contributed by atoms with van der Waals surface area (Å²) in [6, 6.07) is -0.448. The fourth-order valence-electron chi connectivity index (χ4n) is 1.22. The van der Waals surface area contributed by atoms with Crippen molar-refractivity contribution in [1.82, 2.24) is 19.7 Å². The predicted octanol–water partition coefficient (Wildman–Crippen LogP) is 1.56. The van der Waals surface area contributed by atoms with E-state index in [0.717, 1.165) is 11.3 Å². The van der Waals surface area contributed by atoms with E-state index in [2.05, 4.69) is 19.7 Å². The van der Waals surface area contributed by atoms with Gasteiger partial charge in [-0.05, 0) is 6.92 Å². The molecule has 1 atom stereocenters. The molecule has 92 valence electrons. The summed E-state index contributed by atoms with van der Waals surface area (Å²) in [7, 11) is -3.60. The van der Waals surface area contributed by atoms with E-state index in [1.807, 2.05) is 0 Å². The standard InChI is InChI=1S/C8H9ClN4O2S2/c1-5(7-10-2-3-11-7)13-17(14,15)6-4-12-8(9)16-6/h2-5,13H,1H3,(H,10,11). The van der Waals surface area contributed by atoms with Crippen molar-refractivity contribution in [1.29, 1.82) is 0 Å². The number of aromatic nitrogens is 3. The monoisotopic (exact) mass is 292 g/mol. The van der Waals surface area contributed by atoms with Gasteiger partial charge in [0, 0.05) is 12.4 Å². The number of rotatable bonds is 4. The molecule has 0 aromatic carbocycles. The molecule has 0 saturated carbocycles. The SMILES string of the molecule is CC(NS(=O)(=O)c1cnc(Cl)s1)c1ncc[nH]1. The van der Waals surface area contributed by atoms with E-state index in [1.54, 1.807) is 19.3 Å². The maximum Gasteiger partial charge on any atom is 0.252 e. The van der Waals surface area contributed by atoms with Gasteiger partial charge in [-0.25, -0.2) is 23.1 Å². The molecular weight excluding hydrogens is 284 g/mol. The Morgan fingerprint density at radius 1 is 1.53 bits per heavy atom. The fraction of sp³-hybridized carbons (Fsp3) is 0.250. The summed E-state index contributed by atoms with van der Waals surface area (Å²) in [5.41, 5.74) is 0. The van der Waals surface area contributed by atoms with Crippen molar-refractivity contribution in [3.05, 3.63) is 28.9 Å². The third-order valence-corrected chi connectivity index (χ3v) is 5.10. The Kier molecular flexibility index (Phi) is 3.48. The van der Waals surface area contributed by atoms with Crippen LogP contribution in [0.4, 0.5) is 0 Å². The largest absolute Gasteiger partial charge is 0.347 e. The van der Waals surface area contributed by atoms with Crippen molar-refractivity contribution in [3.63, 3.8) is 0 Å². The first kappa shape index (κ1) is 12.5. The van der Waals surface area contributed by atoms with Crippen LogP contribution in [-0.4, -0.2) is 23.4 Å². The molecule has 9 heteroatoms. The summed E-state index contributed by atoms with van der Waals surface area (Å²) in [5.74, 6) is 0.546. The number of nitrogens with one attached hydrogen (secondary N) is 2. The summed E-state index contributed by atoms with van der Waals surface area (Å²) < 4.78 is 26.6. The van der Waals surface area contributed by atoms with Crippen LogP contribution >= 0.6 is 22.9 Å². The number of thiazole rings is 1. The Bertz CT molecular complexity index is 593. The molecule has 6 nitrogen and oxygen atoms in total. The van der Waals surface area contributed by atoms with Crippen molar-refractivity contribution in [2.45, 2.75) is 17.2 Å². The Hall–Kier alpha value is -0.960. The van der Waals surface area contributed by atoms with E-state index in [1.165, 1.54) is 6.20 Å². The lowest BCUT2D eigenvalue weighted by Gasteiger charge is -2.10. The molecule has 2 aromatic rings. The predicted molar refractivity (Wildman–Crippen MR) is 64.4 cm³/mol. The van der Waals surface area contributed by atoms with Gasteiger partial charge in [0.2, 0.25) is 0 Å². The first-order valence-corrected chi connectivity index (χ1v) is 7.30. The number of hydrogen-bond donors (Lipinski definition) is 2. The molecular formula is C8H9ClN4O2S2. The van der Waals surface area contributed by atoms with Crippen molar-refractivity contribution >= 4 is 33.0 Å². The van der Waals surface area contributed by atoms with Crippen LogP contribution in [0.2, 0.25) is 4.47 Å². The third kappa shape index (κ3) is 2.83. The highest BCUT2D eigenvalue weighted by Crippen LogP contribution is 2.23. The summed E-state index contributed by atoms with van der Waals surface area (Å²) in [6.07, 6.45) is 4.41. The second-order valence-corrected chi connectivity index (χ2v) is 6.80. The Labute approximate surface area is 107 Å². The highest BCUT2D eigenvalue weighted by Gasteiger charge is 2.21. The summed E-state index contributed by atoms with van der Waals surface area (Å²) in [5, 5.41) is 0. The fourth-order valence-corrected chi connectivity index (χ4v) is 3.74. The van der Waals surface area contributed by atoms with Crippen molar-refractivity contribution in [2.75, 3.05) is 0 Å². The molecule has 1 unspecified atom stereocenters. The maximum atomic E-state index is 11.9. The lowest BCUT2D eigenvalue weighted by Crippen LogP contribution is -2.26. The molecule has 2 N–H and O–H groups in total. The average molecular weight is 293 g/mol. The van der Waals surface area contributed by atoms with Gasteiger partial charge in [0.1, 0.15) is 5.82 Å². The van der Waals surface area contributed by atoms with E-state index < -0.39 is 16.1 Å². The minimum Gasteiger partial charge on any atom is -0.347 e. The molecule has 0 amide bonds. The third-order valence-electron chi connectivity index (χ3n) is 1.98. The summed E-state index contributed by atoms with van der Waals surface area (Å²) in [6.45, 7) is 1.69. The molecule has 2 heterocycles. The zero-order valence-electron chi connectivity index (χ0n) is 8.71. The minimum atomic E-state index is -3.60. The highest BCUT2D eigenvalue weighted by atomic mass is 35.5. The molecule has 0 bridgehead atoms. The smallest absolute Gasteiger partial charge is 0.252 e. The number of nitrogens with zero attached hydrogens (tertiary/aromatic N) is 2. The topological polar surface area (TPSA) is 87.7 Å². The highest BCUT2D eigenvalue weighted by molar-refractivity contribution is 7.91. The number of H-pyrrole nitrogens is 1. The number of sulfonamides is 1. The van der Waals surface area contributed by atoms with Gasteiger partial charge < -0.3 is 4.98 Å². The number of aromatic amines is 1. The Morgan fingerprint density at radius 2 is 2.29 bits per heavy atom. The van der Waals surface area contributed by atoms with Crippen molar-refractivity contribution < 1.29 is 8.42 Å². The molecule has 0 radical (unpaired) electrons. The minimum absolute atomic E-state index is 0.0842. The van der Waals surface area contributed by atoms with Gasteiger partial charge in [-0.1, -0.05) is 22.9 Å². The number of halogens is 1. The normalized spacial score (nSPS) is 13.8. The molecule has 17 heavy (non-hydrogen) atoms. The zero-order chi connectivity index (χ0) is 12.5. The van der Waals surface area contributed by atoms with E-state index in [-0.39, 0.29) is 8.68 Å². The number of imidazole rings is 1. The van der Waals surface area contributed by atoms with Gasteiger partial charge in [-0.2, -0.15) is 0 Å². The van der Waals surface area contributed by atoms with Crippen LogP contribution in [0.5, 0.6) is 0 Å². The van der Waals surface area contributed by atoms with Gasteiger partial charge in [0.25, 0.3) is 10.0 Å². The van der Waals surface area contributed by atoms with E-state index in [0.29, 0.717) is 5.82 Å². The van der Waals surface area contributed by atoms with E-state index in [4.69, 9.17) is 11.6 Å². The molecule has 0 spiro atoms. The van der Waals surface area contributed by atoms with Crippen LogP contribution in [0.1, 0.15) is 18.8 Å². The van der Waals surface area contributed by atoms with Gasteiger partial charge in [-0.15, -0.1) is 0 Å². The summed E-state index contributed by atoms with van der Waals surface area (Å²) in [4.78, 5) is 10.5. The molecule has 2 aromatic heterocycles. The first-order valence-electron chi connectivity index (χ1n) is 4.62. The van der Waals surface area contributed by atoms with Crippen LogP contribution in [0, 0.1) is 0 Å². The Morgan fingerprint density at radius 3 is 2.82 bits per heavy atom. The van der Waals surface area contributed by atoms with Crippen LogP contribution in [0.3, 0.4) is 0 Å². The lowest BCUT2D eigenvalue weighted by atomic mass is 10.3. The second-order valence-electron chi connectivity index (χ2n) is 3.25. The van der Waals surface area contributed by atoms with Gasteiger partial charge >= 0.3 is 0 Å². The maximum absolute atomic E-state index is 11.9. The first-order chi connectivity index (χ1) is 7.99. The van der Waals surface area contributed by atoms with E-state index in [9.17, 15) is 8.42 Å². The van der Waals surface area contributed by atoms with Crippen molar-refractivity contribution in [3.8, 4) is 0 Å². The number of hydrogen-bond acceptors (Lipinski definition) is 5. The molecule has 0 aliphatic rings. The molecule has 0 saturated heterocycles. The van der Waals surface area contributed by atoms with Crippen LogP contribution < -0.4 is 4.72 Å². The molecule has 0 fully saturated rings. The average Bonchev–Trinajstić information content (AvgIpc) is 2.86. The second kappa shape index (κ2) is 4.73. The van der Waals surface area contributed by atoms with Gasteiger partial charge in [-0.3, -0.25) is 0 Å².